The van der Waals surface area contributed by atoms with Gasteiger partial charge in [0.05, 0.1) is 12.1 Å². The molecule has 3 N–H and O–H groups in total. The zero-order chi connectivity index (χ0) is 14.6. The van der Waals surface area contributed by atoms with E-state index >= 15 is 0 Å². The van der Waals surface area contributed by atoms with Crippen LogP contribution in [0.5, 0.6) is 0 Å². The number of nitrogens with one attached hydrogen (secondary N) is 1. The Labute approximate surface area is 120 Å². The first-order chi connectivity index (χ1) is 8.77. The summed E-state index contributed by atoms with van der Waals surface area (Å²) in [6.45, 7) is -0.480. The Kier molecular flexibility index (Phi) is 5.24. The molecule has 0 radical (unpaired) electrons. The summed E-state index contributed by atoms with van der Waals surface area (Å²) in [6.07, 6.45) is 0. The van der Waals surface area contributed by atoms with E-state index in [1.807, 2.05) is 0 Å². The van der Waals surface area contributed by atoms with Crippen LogP contribution in [0.2, 0.25) is 5.02 Å². The summed E-state index contributed by atoms with van der Waals surface area (Å²) < 4.78 is 30.2. The quantitative estimate of drug-likeness (QED) is 0.602. The highest BCUT2D eigenvalue weighted by Gasteiger charge is 2.19. The molecular weight excluding hydrogens is 312 g/mol. The van der Waals surface area contributed by atoms with Crippen molar-refractivity contribution in [2.45, 2.75) is 4.90 Å². The predicted octanol–water partition coefficient (Wildman–Crippen LogP) is 0.426. The van der Waals surface area contributed by atoms with Crippen LogP contribution >= 0.6 is 23.8 Å². The average Bonchev–Trinajstić information content (AvgIpc) is 2.35. The Balaban J connectivity index is 3.02. The molecule has 0 bridgehead atoms. The highest BCUT2D eigenvalue weighted by atomic mass is 35.5. The van der Waals surface area contributed by atoms with Crippen molar-refractivity contribution in [2.75, 3.05) is 13.7 Å². The second-order valence-electron chi connectivity index (χ2n) is 3.41. The first-order valence-corrected chi connectivity index (χ1v) is 7.20. The summed E-state index contributed by atoms with van der Waals surface area (Å²) in [5.74, 6) is -0.709. The summed E-state index contributed by atoms with van der Waals surface area (Å²) in [4.78, 5) is 10.8. The van der Waals surface area contributed by atoms with Crippen molar-refractivity contribution in [3.05, 3.63) is 28.8 Å². The third-order valence-electron chi connectivity index (χ3n) is 2.14. The molecule has 19 heavy (non-hydrogen) atoms. The van der Waals surface area contributed by atoms with Crippen molar-refractivity contribution in [3.63, 3.8) is 0 Å². The van der Waals surface area contributed by atoms with Crippen molar-refractivity contribution in [1.29, 1.82) is 0 Å². The minimum atomic E-state index is -3.91. The van der Waals surface area contributed by atoms with E-state index in [0.29, 0.717) is 5.56 Å². The molecule has 0 aromatic heterocycles. The molecule has 0 saturated heterocycles. The van der Waals surface area contributed by atoms with E-state index in [0.717, 1.165) is 7.11 Å². The number of esters is 1. The zero-order valence-electron chi connectivity index (χ0n) is 9.84. The largest absolute Gasteiger partial charge is 0.468 e. The fourth-order valence-corrected chi connectivity index (χ4v) is 2.81. The third-order valence-corrected chi connectivity index (χ3v) is 4.26. The highest BCUT2D eigenvalue weighted by molar-refractivity contribution is 7.89. The fourth-order valence-electron chi connectivity index (χ4n) is 1.18. The minimum Gasteiger partial charge on any atom is -0.468 e. The number of hydrogen-bond donors (Lipinski definition) is 2. The average molecular weight is 323 g/mol. The maximum atomic E-state index is 11.9. The maximum absolute atomic E-state index is 11.9. The van der Waals surface area contributed by atoms with Crippen molar-refractivity contribution in [3.8, 4) is 0 Å². The van der Waals surface area contributed by atoms with Crippen LogP contribution in [0.15, 0.2) is 23.1 Å². The summed E-state index contributed by atoms with van der Waals surface area (Å²) in [7, 11) is -2.75. The van der Waals surface area contributed by atoms with Gasteiger partial charge in [-0.1, -0.05) is 29.9 Å². The van der Waals surface area contributed by atoms with E-state index in [1.165, 1.54) is 18.2 Å². The zero-order valence-corrected chi connectivity index (χ0v) is 12.2. The number of nitrogens with two attached hydrogens (primary N) is 1. The van der Waals surface area contributed by atoms with Gasteiger partial charge < -0.3 is 10.5 Å². The number of methoxy groups -OCH3 is 1. The second-order valence-corrected chi connectivity index (χ2v) is 5.99. The smallest absolute Gasteiger partial charge is 0.320 e. The van der Waals surface area contributed by atoms with Gasteiger partial charge in [0.25, 0.3) is 0 Å². The molecular formula is C10H11ClN2O4S2. The first kappa shape index (κ1) is 15.8. The topological polar surface area (TPSA) is 98.5 Å². The van der Waals surface area contributed by atoms with Gasteiger partial charge in [0.1, 0.15) is 16.4 Å². The van der Waals surface area contributed by atoms with Gasteiger partial charge in [-0.15, -0.1) is 0 Å². The molecule has 1 aromatic carbocycles. The number of rotatable bonds is 5. The van der Waals surface area contributed by atoms with Gasteiger partial charge in [0, 0.05) is 5.56 Å². The van der Waals surface area contributed by atoms with Gasteiger partial charge >= 0.3 is 5.97 Å². The van der Waals surface area contributed by atoms with Crippen molar-refractivity contribution >= 4 is 44.8 Å². The Morgan fingerprint density at radius 1 is 1.53 bits per heavy atom. The van der Waals surface area contributed by atoms with Gasteiger partial charge in [-0.2, -0.15) is 4.72 Å². The van der Waals surface area contributed by atoms with Crippen molar-refractivity contribution < 1.29 is 17.9 Å². The lowest BCUT2D eigenvalue weighted by Gasteiger charge is -2.08. The Bertz CT molecular complexity index is 616. The van der Waals surface area contributed by atoms with Crippen LogP contribution < -0.4 is 10.5 Å². The highest BCUT2D eigenvalue weighted by Crippen LogP contribution is 2.22. The SMILES string of the molecule is COC(=O)CNS(=O)(=O)c1ccc(C(N)=S)cc1Cl. The number of carbonyl (C=O) groups excluding carboxylic acids is 1. The molecule has 1 rings (SSSR count). The van der Waals surface area contributed by atoms with Gasteiger partial charge in [-0.05, 0) is 12.1 Å². The number of halogens is 1. The van der Waals surface area contributed by atoms with Crippen LogP contribution in [0, 0.1) is 0 Å². The van der Waals surface area contributed by atoms with E-state index in [2.05, 4.69) is 9.46 Å². The van der Waals surface area contributed by atoms with Crippen LogP contribution in [-0.2, 0) is 19.6 Å². The van der Waals surface area contributed by atoms with Crippen LogP contribution in [0.4, 0.5) is 0 Å². The molecule has 6 nitrogen and oxygen atoms in total. The van der Waals surface area contributed by atoms with Gasteiger partial charge in [0.15, 0.2) is 0 Å². The first-order valence-electron chi connectivity index (χ1n) is 4.94. The number of sulfonamides is 1. The molecule has 0 aliphatic heterocycles. The van der Waals surface area contributed by atoms with E-state index in [4.69, 9.17) is 29.6 Å². The van der Waals surface area contributed by atoms with Gasteiger partial charge in [-0.25, -0.2) is 8.42 Å². The Hall–Kier alpha value is -1.22. The maximum Gasteiger partial charge on any atom is 0.320 e. The number of carbonyl (C=O) groups is 1. The number of thiocarbonyl (C=S) groups is 1. The Morgan fingerprint density at radius 3 is 2.63 bits per heavy atom. The number of benzene rings is 1. The summed E-state index contributed by atoms with van der Waals surface area (Å²) >= 11 is 10.6. The molecule has 1 aromatic rings. The molecule has 0 fully saturated rings. The molecule has 0 aliphatic rings. The van der Waals surface area contributed by atoms with E-state index in [1.54, 1.807) is 0 Å². The fraction of sp³-hybridized carbons (Fsp3) is 0.200. The molecule has 0 spiro atoms. The molecule has 0 amide bonds. The van der Waals surface area contributed by atoms with Crippen LogP contribution in [0.1, 0.15) is 5.56 Å². The van der Waals surface area contributed by atoms with Crippen LogP contribution in [-0.4, -0.2) is 33.0 Å². The molecule has 104 valence electrons. The van der Waals surface area contributed by atoms with Crippen molar-refractivity contribution in [1.82, 2.24) is 4.72 Å². The minimum absolute atomic E-state index is 0.0392. The monoisotopic (exact) mass is 322 g/mol. The lowest BCUT2D eigenvalue weighted by molar-refractivity contribution is -0.139. The lowest BCUT2D eigenvalue weighted by Crippen LogP contribution is -2.30. The Morgan fingerprint density at radius 2 is 2.16 bits per heavy atom. The van der Waals surface area contributed by atoms with Gasteiger partial charge in [-0.3, -0.25) is 4.79 Å². The number of ether oxygens (including phenoxy) is 1. The molecule has 0 aliphatic carbocycles. The second kappa shape index (κ2) is 6.29. The summed E-state index contributed by atoms with van der Waals surface area (Å²) in [5.41, 5.74) is 5.86. The molecule has 0 heterocycles. The lowest BCUT2D eigenvalue weighted by atomic mass is 10.2. The van der Waals surface area contributed by atoms with Crippen molar-refractivity contribution in [2.24, 2.45) is 5.73 Å². The summed E-state index contributed by atoms with van der Waals surface area (Å²) in [5, 5.41) is -0.0392. The normalized spacial score (nSPS) is 11.1. The van der Waals surface area contributed by atoms with Gasteiger partial charge in [0.2, 0.25) is 10.0 Å². The van der Waals surface area contributed by atoms with E-state index in [-0.39, 0.29) is 14.9 Å². The third kappa shape index (κ3) is 4.13. The molecule has 0 atom stereocenters. The van der Waals surface area contributed by atoms with Crippen LogP contribution in [0.25, 0.3) is 0 Å². The van der Waals surface area contributed by atoms with E-state index in [9.17, 15) is 13.2 Å². The summed E-state index contributed by atoms with van der Waals surface area (Å²) in [6, 6.07) is 4.04. The molecule has 0 unspecified atom stereocenters. The number of hydrogen-bond acceptors (Lipinski definition) is 5. The van der Waals surface area contributed by atoms with E-state index < -0.39 is 22.5 Å². The molecule has 9 heteroatoms. The predicted molar refractivity (Wildman–Crippen MR) is 74.5 cm³/mol. The molecule has 0 saturated carbocycles. The standard InChI is InChI=1S/C10H11ClN2O4S2/c1-17-9(14)5-13-19(15,16)8-3-2-6(10(12)18)4-7(8)11/h2-4,13H,5H2,1H3,(H2,12,18). The van der Waals surface area contributed by atoms with Crippen LogP contribution in [0.3, 0.4) is 0 Å².